The quantitative estimate of drug-likeness (QED) is 0.872. The normalized spacial score (nSPS) is 21.1. The lowest BCUT2D eigenvalue weighted by Crippen LogP contribution is -2.38. The number of halogens is 1. The number of hydrogen-bond donors (Lipinski definition) is 2. The van der Waals surface area contributed by atoms with E-state index in [1.165, 1.54) is 6.07 Å². The van der Waals surface area contributed by atoms with Gasteiger partial charge < -0.3 is 15.4 Å². The molecule has 1 aliphatic carbocycles. The minimum Gasteiger partial charge on any atom is -0.444 e. The molecule has 0 bridgehead atoms. The summed E-state index contributed by atoms with van der Waals surface area (Å²) in [4.78, 5) is 11.8. The third kappa shape index (κ3) is 5.12. The second-order valence-electron chi connectivity index (χ2n) is 7.24. The summed E-state index contributed by atoms with van der Waals surface area (Å²) in [5.41, 5.74) is 0.980. The molecule has 0 aliphatic heterocycles. The molecule has 5 heteroatoms. The highest BCUT2D eigenvalue weighted by Gasteiger charge is 2.28. The van der Waals surface area contributed by atoms with Gasteiger partial charge in [-0.25, -0.2) is 9.18 Å². The molecule has 2 rings (SSSR count). The van der Waals surface area contributed by atoms with Crippen molar-refractivity contribution in [3.63, 3.8) is 0 Å². The molecule has 0 radical (unpaired) electrons. The second-order valence-corrected chi connectivity index (χ2v) is 7.24. The summed E-state index contributed by atoms with van der Waals surface area (Å²) in [5.74, 6) is 0.126. The van der Waals surface area contributed by atoms with Crippen molar-refractivity contribution >= 4 is 11.8 Å². The van der Waals surface area contributed by atoms with Crippen molar-refractivity contribution in [3.8, 4) is 0 Å². The predicted molar refractivity (Wildman–Crippen MR) is 90.1 cm³/mol. The summed E-state index contributed by atoms with van der Waals surface area (Å²) in [6, 6.07) is 5.32. The lowest BCUT2D eigenvalue weighted by molar-refractivity contribution is 0.0519. The van der Waals surface area contributed by atoms with E-state index >= 15 is 0 Å². The van der Waals surface area contributed by atoms with E-state index in [9.17, 15) is 9.18 Å². The van der Waals surface area contributed by atoms with E-state index in [0.29, 0.717) is 18.0 Å². The highest BCUT2D eigenvalue weighted by Crippen LogP contribution is 2.29. The summed E-state index contributed by atoms with van der Waals surface area (Å²) in [5, 5.41) is 6.29. The molecule has 0 spiro atoms. The zero-order valence-corrected chi connectivity index (χ0v) is 14.4. The van der Waals surface area contributed by atoms with E-state index in [1.54, 1.807) is 13.0 Å². The summed E-state index contributed by atoms with van der Waals surface area (Å²) in [6.07, 6.45) is 2.79. The molecule has 2 unspecified atom stereocenters. The molecule has 1 saturated carbocycles. The molecular weight excluding hydrogens is 295 g/mol. The molecule has 1 aliphatic rings. The number of hydrogen-bond acceptors (Lipinski definition) is 3. The van der Waals surface area contributed by atoms with Crippen molar-refractivity contribution in [2.45, 2.75) is 58.6 Å². The first kappa shape index (κ1) is 17.6. The Labute approximate surface area is 137 Å². The molecule has 1 aromatic rings. The lowest BCUT2D eigenvalue weighted by Gasteiger charge is -2.25. The van der Waals surface area contributed by atoms with Crippen LogP contribution in [0.3, 0.4) is 0 Å². The first-order chi connectivity index (χ1) is 10.8. The van der Waals surface area contributed by atoms with Crippen LogP contribution < -0.4 is 10.6 Å². The number of rotatable bonds is 4. The molecule has 4 nitrogen and oxygen atoms in total. The largest absolute Gasteiger partial charge is 0.444 e. The van der Waals surface area contributed by atoms with Gasteiger partial charge in [0.05, 0.1) is 0 Å². The Kier molecular flexibility index (Phi) is 5.50. The van der Waals surface area contributed by atoms with E-state index in [2.05, 4.69) is 10.6 Å². The molecule has 23 heavy (non-hydrogen) atoms. The molecule has 0 saturated heterocycles. The Morgan fingerprint density at radius 3 is 2.78 bits per heavy atom. The smallest absolute Gasteiger partial charge is 0.407 e. The highest BCUT2D eigenvalue weighted by molar-refractivity contribution is 5.67. The maximum absolute atomic E-state index is 13.6. The number of ether oxygens (including phenoxy) is 1. The van der Waals surface area contributed by atoms with Crippen molar-refractivity contribution in [1.82, 2.24) is 5.32 Å². The van der Waals surface area contributed by atoms with Gasteiger partial charge in [-0.2, -0.15) is 0 Å². The predicted octanol–water partition coefficient (Wildman–Crippen LogP) is 4.24. The Morgan fingerprint density at radius 2 is 2.09 bits per heavy atom. The van der Waals surface area contributed by atoms with Gasteiger partial charge in [-0.15, -0.1) is 0 Å². The molecule has 2 atom stereocenters. The average Bonchev–Trinajstić information content (AvgIpc) is 2.87. The average molecular weight is 322 g/mol. The van der Waals surface area contributed by atoms with Crippen molar-refractivity contribution in [2.24, 2.45) is 5.92 Å². The third-order valence-corrected chi connectivity index (χ3v) is 4.18. The van der Waals surface area contributed by atoms with Gasteiger partial charge >= 0.3 is 6.09 Å². The number of carbonyl (C=O) groups is 1. The second kappa shape index (κ2) is 7.20. The van der Waals surface area contributed by atoms with Gasteiger partial charge in [0.25, 0.3) is 0 Å². The standard InChI is InChI=1S/C18H27FN2O2/c1-12-14(19)8-6-9-15(12)21-16-10-5-7-13(16)11-20-17(22)23-18(2,3)4/h6,8-9,13,16,21H,5,7,10-11H2,1-4H3,(H,20,22). The van der Waals surface area contributed by atoms with Crippen LogP contribution in [-0.4, -0.2) is 24.3 Å². The number of benzene rings is 1. The first-order valence-corrected chi connectivity index (χ1v) is 8.25. The van der Waals surface area contributed by atoms with E-state index in [4.69, 9.17) is 4.74 Å². The van der Waals surface area contributed by atoms with Crippen LogP contribution in [0.5, 0.6) is 0 Å². The van der Waals surface area contributed by atoms with Crippen molar-refractivity contribution in [2.75, 3.05) is 11.9 Å². The zero-order chi connectivity index (χ0) is 17.0. The van der Waals surface area contributed by atoms with Crippen LogP contribution >= 0.6 is 0 Å². The number of amides is 1. The number of nitrogens with one attached hydrogen (secondary N) is 2. The van der Waals surface area contributed by atoms with E-state index in [0.717, 1.165) is 24.9 Å². The van der Waals surface area contributed by atoms with Crippen LogP contribution in [0.2, 0.25) is 0 Å². The van der Waals surface area contributed by atoms with Crippen LogP contribution in [0.1, 0.15) is 45.6 Å². The minimum atomic E-state index is -0.490. The Balaban J connectivity index is 1.90. The molecule has 128 valence electrons. The monoisotopic (exact) mass is 322 g/mol. The van der Waals surface area contributed by atoms with Gasteiger partial charge in [-0.3, -0.25) is 0 Å². The fourth-order valence-corrected chi connectivity index (χ4v) is 2.96. The molecule has 2 N–H and O–H groups in total. The van der Waals surface area contributed by atoms with E-state index in [1.807, 2.05) is 26.8 Å². The van der Waals surface area contributed by atoms with E-state index in [-0.39, 0.29) is 18.0 Å². The van der Waals surface area contributed by atoms with Gasteiger partial charge in [-0.1, -0.05) is 12.5 Å². The fraction of sp³-hybridized carbons (Fsp3) is 0.611. The first-order valence-electron chi connectivity index (χ1n) is 8.25. The lowest BCUT2D eigenvalue weighted by atomic mass is 10.0. The van der Waals surface area contributed by atoms with Gasteiger partial charge in [0.15, 0.2) is 0 Å². The highest BCUT2D eigenvalue weighted by atomic mass is 19.1. The van der Waals surface area contributed by atoms with E-state index < -0.39 is 5.60 Å². The topological polar surface area (TPSA) is 50.4 Å². The maximum atomic E-state index is 13.6. The fourth-order valence-electron chi connectivity index (χ4n) is 2.96. The van der Waals surface area contributed by atoms with Crippen LogP contribution in [0, 0.1) is 18.7 Å². The van der Waals surface area contributed by atoms with Gasteiger partial charge in [0.2, 0.25) is 0 Å². The van der Waals surface area contributed by atoms with Crippen LogP contribution in [-0.2, 0) is 4.74 Å². The summed E-state index contributed by atoms with van der Waals surface area (Å²) in [6.45, 7) is 7.89. The third-order valence-electron chi connectivity index (χ3n) is 4.18. The summed E-state index contributed by atoms with van der Waals surface area (Å²) < 4.78 is 18.9. The Bertz CT molecular complexity index is 554. The van der Waals surface area contributed by atoms with Gasteiger partial charge in [0.1, 0.15) is 11.4 Å². The molecular formula is C18H27FN2O2. The maximum Gasteiger partial charge on any atom is 0.407 e. The van der Waals surface area contributed by atoms with Crippen molar-refractivity contribution < 1.29 is 13.9 Å². The van der Waals surface area contributed by atoms with Crippen LogP contribution in [0.15, 0.2) is 18.2 Å². The van der Waals surface area contributed by atoms with Gasteiger partial charge in [0, 0.05) is 23.8 Å². The van der Waals surface area contributed by atoms with Crippen LogP contribution in [0.25, 0.3) is 0 Å². The summed E-state index contributed by atoms with van der Waals surface area (Å²) in [7, 11) is 0. The SMILES string of the molecule is Cc1c(F)cccc1NC1CCCC1CNC(=O)OC(C)(C)C. The van der Waals surface area contributed by atoms with Crippen LogP contribution in [0.4, 0.5) is 14.9 Å². The van der Waals surface area contributed by atoms with Gasteiger partial charge in [-0.05, 0) is 58.6 Å². The number of alkyl carbamates (subject to hydrolysis) is 1. The Hall–Kier alpha value is -1.78. The zero-order valence-electron chi connectivity index (χ0n) is 14.4. The molecule has 1 aromatic carbocycles. The number of carbonyl (C=O) groups excluding carboxylic acids is 1. The Morgan fingerprint density at radius 1 is 1.35 bits per heavy atom. The molecule has 0 aromatic heterocycles. The van der Waals surface area contributed by atoms with Crippen molar-refractivity contribution in [1.29, 1.82) is 0 Å². The molecule has 1 amide bonds. The van der Waals surface area contributed by atoms with Crippen molar-refractivity contribution in [3.05, 3.63) is 29.6 Å². The summed E-state index contributed by atoms with van der Waals surface area (Å²) >= 11 is 0. The number of anilines is 1. The molecule has 1 fully saturated rings. The minimum absolute atomic E-state index is 0.198. The molecule has 0 heterocycles.